The Bertz CT molecular complexity index is 836. The molecule has 0 radical (unpaired) electrons. The quantitative estimate of drug-likeness (QED) is 0.843. The standard InChI is InChI=1S/C18H22N4O4/c1-25-14-5-6-15(16(9-14)26-2)20-18(24)12-4-3-7-22(11-12)13-8-17(23)21-19-10-13/h5-6,8-10,12H,3-4,7,11H2,1-2H3,(H,20,24)(H,21,23). The second kappa shape index (κ2) is 7.90. The first kappa shape index (κ1) is 17.8. The Labute approximate surface area is 151 Å². The molecule has 1 amide bonds. The van der Waals surface area contributed by atoms with Crippen molar-refractivity contribution in [3.63, 3.8) is 0 Å². The van der Waals surface area contributed by atoms with E-state index in [0.29, 0.717) is 23.7 Å². The summed E-state index contributed by atoms with van der Waals surface area (Å²) in [5.41, 5.74) is 1.08. The summed E-state index contributed by atoms with van der Waals surface area (Å²) >= 11 is 0. The zero-order valence-corrected chi connectivity index (χ0v) is 14.8. The van der Waals surface area contributed by atoms with Crippen LogP contribution in [-0.2, 0) is 4.79 Å². The van der Waals surface area contributed by atoms with Gasteiger partial charge in [-0.05, 0) is 25.0 Å². The number of benzene rings is 1. The lowest BCUT2D eigenvalue weighted by atomic mass is 9.96. The van der Waals surface area contributed by atoms with Gasteiger partial charge in [-0.1, -0.05) is 0 Å². The number of nitrogens with zero attached hydrogens (tertiary/aromatic N) is 2. The molecule has 0 bridgehead atoms. The third kappa shape index (κ3) is 3.96. The lowest BCUT2D eigenvalue weighted by molar-refractivity contribution is -0.120. The molecule has 1 aliphatic heterocycles. The Hall–Kier alpha value is -3.03. The summed E-state index contributed by atoms with van der Waals surface area (Å²) in [6.45, 7) is 1.33. The van der Waals surface area contributed by atoms with Gasteiger partial charge in [-0.2, -0.15) is 5.10 Å². The van der Waals surface area contributed by atoms with Crippen LogP contribution in [0.25, 0.3) is 0 Å². The van der Waals surface area contributed by atoms with Crippen LogP contribution in [0.15, 0.2) is 35.3 Å². The minimum atomic E-state index is -0.253. The maximum absolute atomic E-state index is 12.7. The van der Waals surface area contributed by atoms with E-state index >= 15 is 0 Å². The highest BCUT2D eigenvalue weighted by atomic mass is 16.5. The second-order valence-corrected chi connectivity index (χ2v) is 6.14. The van der Waals surface area contributed by atoms with Gasteiger partial charge in [0.1, 0.15) is 11.5 Å². The van der Waals surface area contributed by atoms with Crippen molar-refractivity contribution in [2.75, 3.05) is 37.5 Å². The van der Waals surface area contributed by atoms with Crippen LogP contribution in [0.5, 0.6) is 11.5 Å². The molecule has 1 aliphatic rings. The molecule has 0 saturated carbocycles. The molecule has 1 saturated heterocycles. The number of rotatable bonds is 5. The van der Waals surface area contributed by atoms with E-state index < -0.39 is 0 Å². The highest BCUT2D eigenvalue weighted by molar-refractivity contribution is 5.94. The number of H-pyrrole nitrogens is 1. The summed E-state index contributed by atoms with van der Waals surface area (Å²) in [7, 11) is 3.12. The minimum absolute atomic E-state index is 0.0732. The van der Waals surface area contributed by atoms with Crippen molar-refractivity contribution >= 4 is 17.3 Å². The van der Waals surface area contributed by atoms with E-state index in [9.17, 15) is 9.59 Å². The number of ether oxygens (including phenoxy) is 2. The summed E-state index contributed by atoms with van der Waals surface area (Å²) in [6.07, 6.45) is 3.26. The highest BCUT2D eigenvalue weighted by Gasteiger charge is 2.27. The van der Waals surface area contributed by atoms with Crippen LogP contribution in [0, 0.1) is 5.92 Å². The van der Waals surface area contributed by atoms with Crippen LogP contribution in [0.4, 0.5) is 11.4 Å². The van der Waals surface area contributed by atoms with Crippen molar-refractivity contribution in [3.8, 4) is 11.5 Å². The number of hydrogen-bond acceptors (Lipinski definition) is 6. The molecule has 3 rings (SSSR count). The summed E-state index contributed by atoms with van der Waals surface area (Å²) in [6, 6.07) is 6.76. The lowest BCUT2D eigenvalue weighted by Gasteiger charge is -2.33. The molecule has 1 aromatic carbocycles. The van der Waals surface area contributed by atoms with Gasteiger partial charge in [0.15, 0.2) is 0 Å². The molecule has 8 heteroatoms. The topological polar surface area (TPSA) is 96.5 Å². The molecular weight excluding hydrogens is 336 g/mol. The van der Waals surface area contributed by atoms with E-state index in [2.05, 4.69) is 15.5 Å². The SMILES string of the molecule is COc1ccc(NC(=O)C2CCCN(c3cn[nH]c(=O)c3)C2)c(OC)c1. The number of piperidine rings is 1. The predicted molar refractivity (Wildman–Crippen MR) is 98.0 cm³/mol. The van der Waals surface area contributed by atoms with Crippen LogP contribution in [0.3, 0.4) is 0 Å². The Kier molecular flexibility index (Phi) is 5.40. The molecule has 2 N–H and O–H groups in total. The smallest absolute Gasteiger partial charge is 0.266 e. The molecule has 1 unspecified atom stereocenters. The summed E-state index contributed by atoms with van der Waals surface area (Å²) in [5.74, 6) is 0.945. The fourth-order valence-corrected chi connectivity index (χ4v) is 3.10. The zero-order valence-electron chi connectivity index (χ0n) is 14.8. The van der Waals surface area contributed by atoms with Crippen LogP contribution in [0.1, 0.15) is 12.8 Å². The number of aromatic amines is 1. The van der Waals surface area contributed by atoms with Crippen LogP contribution >= 0.6 is 0 Å². The maximum Gasteiger partial charge on any atom is 0.266 e. The third-order valence-corrected chi connectivity index (χ3v) is 4.47. The Morgan fingerprint density at radius 2 is 2.15 bits per heavy atom. The van der Waals surface area contributed by atoms with Gasteiger partial charge in [-0.25, -0.2) is 5.10 Å². The second-order valence-electron chi connectivity index (χ2n) is 6.14. The fourth-order valence-electron chi connectivity index (χ4n) is 3.10. The summed E-state index contributed by atoms with van der Waals surface area (Å²) in [4.78, 5) is 26.2. The van der Waals surface area contributed by atoms with Crippen molar-refractivity contribution < 1.29 is 14.3 Å². The molecule has 1 fully saturated rings. The Balaban J connectivity index is 1.71. The van der Waals surface area contributed by atoms with Crippen molar-refractivity contribution in [2.24, 2.45) is 5.92 Å². The van der Waals surface area contributed by atoms with E-state index in [1.165, 1.54) is 6.07 Å². The minimum Gasteiger partial charge on any atom is -0.497 e. The molecule has 138 valence electrons. The number of methoxy groups -OCH3 is 2. The molecule has 8 nitrogen and oxygen atoms in total. The van der Waals surface area contributed by atoms with Crippen LogP contribution in [0.2, 0.25) is 0 Å². The fraction of sp³-hybridized carbons (Fsp3) is 0.389. The van der Waals surface area contributed by atoms with Gasteiger partial charge in [0.05, 0.1) is 37.7 Å². The molecule has 2 aromatic rings. The Morgan fingerprint density at radius 3 is 2.88 bits per heavy atom. The number of aromatic nitrogens is 2. The first-order valence-corrected chi connectivity index (χ1v) is 8.43. The zero-order chi connectivity index (χ0) is 18.5. The predicted octanol–water partition coefficient (Wildman–Crippen LogP) is 1.64. The van der Waals surface area contributed by atoms with Crippen molar-refractivity contribution in [1.29, 1.82) is 0 Å². The van der Waals surface area contributed by atoms with E-state index in [1.54, 1.807) is 38.6 Å². The number of nitrogens with one attached hydrogen (secondary N) is 2. The van der Waals surface area contributed by atoms with Crippen molar-refractivity contribution in [2.45, 2.75) is 12.8 Å². The number of anilines is 2. The van der Waals surface area contributed by atoms with Crippen molar-refractivity contribution in [1.82, 2.24) is 10.2 Å². The van der Waals surface area contributed by atoms with E-state index in [-0.39, 0.29) is 17.4 Å². The average Bonchev–Trinajstić information content (AvgIpc) is 2.68. The number of carbonyl (C=O) groups is 1. The monoisotopic (exact) mass is 358 g/mol. The van der Waals surface area contributed by atoms with Gasteiger partial charge in [0.25, 0.3) is 5.56 Å². The largest absolute Gasteiger partial charge is 0.497 e. The van der Waals surface area contributed by atoms with E-state index in [0.717, 1.165) is 25.1 Å². The van der Waals surface area contributed by atoms with E-state index in [4.69, 9.17) is 9.47 Å². The summed E-state index contributed by atoms with van der Waals surface area (Å²) < 4.78 is 10.5. The molecule has 26 heavy (non-hydrogen) atoms. The highest BCUT2D eigenvalue weighted by Crippen LogP contribution is 2.30. The normalized spacial score (nSPS) is 16.8. The number of carbonyl (C=O) groups excluding carboxylic acids is 1. The molecule has 1 aromatic heterocycles. The van der Waals surface area contributed by atoms with Gasteiger partial charge in [-0.3, -0.25) is 9.59 Å². The first-order chi connectivity index (χ1) is 12.6. The molecule has 0 aliphatic carbocycles. The Morgan fingerprint density at radius 1 is 1.31 bits per heavy atom. The molecular formula is C18H22N4O4. The van der Waals surface area contributed by atoms with Crippen LogP contribution in [-0.4, -0.2) is 43.4 Å². The van der Waals surface area contributed by atoms with Gasteiger partial charge < -0.3 is 19.7 Å². The molecule has 2 heterocycles. The van der Waals surface area contributed by atoms with Crippen LogP contribution < -0.4 is 25.2 Å². The maximum atomic E-state index is 12.7. The molecule has 1 atom stereocenters. The van der Waals surface area contributed by atoms with Gasteiger partial charge in [0.2, 0.25) is 5.91 Å². The van der Waals surface area contributed by atoms with Gasteiger partial charge >= 0.3 is 0 Å². The average molecular weight is 358 g/mol. The first-order valence-electron chi connectivity index (χ1n) is 8.43. The number of amides is 1. The molecule has 0 spiro atoms. The van der Waals surface area contributed by atoms with E-state index in [1.807, 2.05) is 4.90 Å². The van der Waals surface area contributed by atoms with Gasteiger partial charge in [-0.15, -0.1) is 0 Å². The lowest BCUT2D eigenvalue weighted by Crippen LogP contribution is -2.41. The summed E-state index contributed by atoms with van der Waals surface area (Å²) in [5, 5.41) is 9.13. The number of hydrogen-bond donors (Lipinski definition) is 2. The van der Waals surface area contributed by atoms with Gasteiger partial charge in [0, 0.05) is 25.2 Å². The third-order valence-electron chi connectivity index (χ3n) is 4.47. The van der Waals surface area contributed by atoms with Crippen molar-refractivity contribution in [3.05, 3.63) is 40.8 Å².